The highest BCUT2D eigenvalue weighted by Gasteiger charge is 2.60. The summed E-state index contributed by atoms with van der Waals surface area (Å²) in [5, 5.41) is 0. The van der Waals surface area contributed by atoms with Crippen molar-refractivity contribution < 1.29 is 17.4 Å². The van der Waals surface area contributed by atoms with Gasteiger partial charge in [0.1, 0.15) is 5.78 Å². The number of carbonyl (C=O) groups is 1. The van der Waals surface area contributed by atoms with Gasteiger partial charge in [-0.15, -0.1) is 0 Å². The number of hydrogen-bond donors (Lipinski definition) is 0. The van der Waals surface area contributed by atoms with Gasteiger partial charge >= 0.3 is 0 Å². The van der Waals surface area contributed by atoms with E-state index in [1.165, 1.54) is 25.7 Å². The summed E-state index contributed by atoms with van der Waals surface area (Å²) in [6, 6.07) is 6.73. The molecule has 1 aromatic carbocycles. The first kappa shape index (κ1) is 21.4. The van der Waals surface area contributed by atoms with Gasteiger partial charge in [-0.25, -0.2) is 0 Å². The molecule has 0 unspecified atom stereocenters. The molecule has 0 bridgehead atoms. The van der Waals surface area contributed by atoms with Crippen LogP contribution in [0.2, 0.25) is 0 Å². The van der Waals surface area contributed by atoms with Crippen LogP contribution in [0.25, 0.3) is 0 Å². The van der Waals surface area contributed by atoms with Gasteiger partial charge < -0.3 is 0 Å². The van der Waals surface area contributed by atoms with Crippen LogP contribution in [0.5, 0.6) is 0 Å². The van der Waals surface area contributed by atoms with Crippen molar-refractivity contribution in [3.63, 3.8) is 0 Å². The highest BCUT2D eigenvalue weighted by molar-refractivity contribution is 7.86. The summed E-state index contributed by atoms with van der Waals surface area (Å²) in [6.45, 7) is 4.38. The molecule has 1 aromatic rings. The lowest BCUT2D eigenvalue weighted by atomic mass is 9.48. The molecule has 0 spiro atoms. The Bertz CT molecular complexity index is 1010. The zero-order chi connectivity index (χ0) is 21.9. The molecule has 0 radical (unpaired) electrons. The van der Waals surface area contributed by atoms with Crippen LogP contribution in [0.4, 0.5) is 0 Å². The third-order valence-electron chi connectivity index (χ3n) is 9.24. The van der Waals surface area contributed by atoms with Crippen molar-refractivity contribution in [2.45, 2.75) is 76.5 Å². The van der Waals surface area contributed by atoms with Crippen molar-refractivity contribution in [2.24, 2.45) is 28.6 Å². The van der Waals surface area contributed by atoms with Crippen LogP contribution in [0, 0.1) is 35.5 Å². The first-order chi connectivity index (χ1) is 14.8. The van der Waals surface area contributed by atoms with Crippen LogP contribution in [0.1, 0.15) is 70.3 Å². The summed E-state index contributed by atoms with van der Waals surface area (Å²) in [6.07, 6.45) is 11.8. The number of hydrogen-bond acceptors (Lipinski definition) is 4. The molecule has 168 valence electrons. The van der Waals surface area contributed by atoms with Crippen molar-refractivity contribution in [3.8, 4) is 0 Å². The molecule has 5 heteroatoms. The second kappa shape index (κ2) is 7.55. The second-order valence-corrected chi connectivity index (χ2v) is 12.3. The van der Waals surface area contributed by atoms with Crippen LogP contribution in [-0.4, -0.2) is 20.8 Å². The predicted octanol–water partition coefficient (Wildman–Crippen LogP) is 5.60. The van der Waals surface area contributed by atoms with Crippen LogP contribution in [0.15, 0.2) is 40.8 Å². The van der Waals surface area contributed by atoms with Crippen molar-refractivity contribution in [3.05, 3.63) is 41.5 Å². The Balaban J connectivity index is 1.41. The maximum Gasteiger partial charge on any atom is 0.297 e. The number of rotatable bonds is 4. The third kappa shape index (κ3) is 3.34. The maximum absolute atomic E-state index is 13.2. The zero-order valence-corrected chi connectivity index (χ0v) is 19.5. The van der Waals surface area contributed by atoms with Gasteiger partial charge in [0.15, 0.2) is 0 Å². The molecule has 0 amide bonds. The topological polar surface area (TPSA) is 60.4 Å². The number of ketones is 1. The molecule has 4 aliphatic rings. The summed E-state index contributed by atoms with van der Waals surface area (Å²) >= 11 is 0. The van der Waals surface area contributed by atoms with Gasteiger partial charge in [-0.3, -0.25) is 8.98 Å². The molecule has 3 saturated carbocycles. The largest absolute Gasteiger partial charge is 0.299 e. The molecule has 0 N–H and O–H groups in total. The van der Waals surface area contributed by atoms with Gasteiger partial charge in [0.25, 0.3) is 10.1 Å². The Morgan fingerprint density at radius 2 is 1.81 bits per heavy atom. The quantitative estimate of drug-likeness (QED) is 0.450. The summed E-state index contributed by atoms with van der Waals surface area (Å²) in [5.41, 5.74) is 2.29. The number of allylic oxidation sites excluding steroid dienone is 2. The van der Waals surface area contributed by atoms with Gasteiger partial charge in [0.2, 0.25) is 0 Å². The lowest BCUT2D eigenvalue weighted by Crippen LogP contribution is -2.52. The van der Waals surface area contributed by atoms with Gasteiger partial charge in [-0.1, -0.05) is 42.7 Å². The molecule has 4 aliphatic carbocycles. The van der Waals surface area contributed by atoms with Crippen LogP contribution in [0.3, 0.4) is 0 Å². The molecule has 0 aliphatic heterocycles. The van der Waals surface area contributed by atoms with Crippen molar-refractivity contribution in [2.75, 3.05) is 6.61 Å². The van der Waals surface area contributed by atoms with Crippen molar-refractivity contribution in [1.29, 1.82) is 0 Å². The van der Waals surface area contributed by atoms with E-state index >= 15 is 0 Å². The van der Waals surface area contributed by atoms with Crippen LogP contribution in [-0.2, 0) is 19.1 Å². The van der Waals surface area contributed by atoms with E-state index in [1.54, 1.807) is 29.8 Å². The molecular formula is C26H34O4S. The highest BCUT2D eigenvalue weighted by Crippen LogP contribution is 2.64. The molecule has 0 heterocycles. The monoisotopic (exact) mass is 442 g/mol. The minimum absolute atomic E-state index is 0.00319. The maximum atomic E-state index is 13.2. The fourth-order valence-corrected chi connectivity index (χ4v) is 8.47. The summed E-state index contributed by atoms with van der Waals surface area (Å²) in [7, 11) is -3.87. The number of benzene rings is 1. The SMILES string of the molecule is Cc1ccc(S(=O)(=O)OC[C@]23CC[C@H]4[C@@H](CC=C5CCCC[C@@]54C)[C@@H]2CCC3=O)cc1. The molecule has 31 heavy (non-hydrogen) atoms. The zero-order valence-electron chi connectivity index (χ0n) is 18.7. The second-order valence-electron chi connectivity index (χ2n) is 10.7. The Morgan fingerprint density at radius 3 is 2.58 bits per heavy atom. The van der Waals surface area contributed by atoms with E-state index in [9.17, 15) is 13.2 Å². The van der Waals surface area contributed by atoms with Gasteiger partial charge in [0.05, 0.1) is 16.9 Å². The van der Waals surface area contributed by atoms with E-state index in [-0.39, 0.29) is 28.6 Å². The average molecular weight is 443 g/mol. The molecule has 0 aromatic heterocycles. The molecule has 5 rings (SSSR count). The Kier molecular flexibility index (Phi) is 5.21. The van der Waals surface area contributed by atoms with Crippen molar-refractivity contribution >= 4 is 15.9 Å². The molecule has 0 saturated heterocycles. The fraction of sp³-hybridized carbons (Fsp3) is 0.654. The number of Topliss-reactive ketones (excluding diaryl/α,β-unsaturated/α-hetero) is 1. The van der Waals surface area contributed by atoms with Gasteiger partial charge in [-0.2, -0.15) is 8.42 Å². The lowest BCUT2D eigenvalue weighted by Gasteiger charge is -2.56. The minimum atomic E-state index is -3.87. The summed E-state index contributed by atoms with van der Waals surface area (Å²) < 4.78 is 31.3. The van der Waals surface area contributed by atoms with E-state index in [2.05, 4.69) is 13.0 Å². The Morgan fingerprint density at radius 1 is 1.03 bits per heavy atom. The van der Waals surface area contributed by atoms with Gasteiger partial charge in [-0.05, 0) is 87.2 Å². The standard InChI is InChI=1S/C26H34O4S/c1-18-6-9-20(10-7-18)31(28,29)30-17-26-16-14-22-21(23(26)12-13-24(26)27)11-8-19-5-3-4-15-25(19,22)2/h6-10,21-23H,3-5,11-17H2,1-2H3/t21-,22+,23+,25+,26-/m1/s1. The number of carbonyl (C=O) groups excluding carboxylic acids is 1. The minimum Gasteiger partial charge on any atom is -0.299 e. The molecule has 3 fully saturated rings. The van der Waals surface area contributed by atoms with Crippen LogP contribution >= 0.6 is 0 Å². The summed E-state index contributed by atoms with van der Waals surface area (Å²) in [5.74, 6) is 1.55. The third-order valence-corrected chi connectivity index (χ3v) is 10.5. The van der Waals surface area contributed by atoms with Gasteiger partial charge in [0, 0.05) is 6.42 Å². The van der Waals surface area contributed by atoms with Crippen LogP contribution < -0.4 is 0 Å². The predicted molar refractivity (Wildman–Crippen MR) is 120 cm³/mol. The number of aryl methyl sites for hydroxylation is 1. The smallest absolute Gasteiger partial charge is 0.297 e. The Labute approximate surface area is 186 Å². The summed E-state index contributed by atoms with van der Waals surface area (Å²) in [4.78, 5) is 13.3. The first-order valence-electron chi connectivity index (χ1n) is 12.0. The normalized spacial score (nSPS) is 37.5. The van der Waals surface area contributed by atoms with E-state index in [0.717, 1.165) is 31.2 Å². The van der Waals surface area contributed by atoms with E-state index in [0.29, 0.717) is 18.3 Å². The molecular weight excluding hydrogens is 408 g/mol. The fourth-order valence-electron chi connectivity index (χ4n) is 7.50. The van der Waals surface area contributed by atoms with E-state index < -0.39 is 15.5 Å². The Hall–Kier alpha value is -1.46. The average Bonchev–Trinajstić information content (AvgIpc) is 3.09. The highest BCUT2D eigenvalue weighted by atomic mass is 32.2. The molecule has 4 nitrogen and oxygen atoms in total. The van der Waals surface area contributed by atoms with Crippen molar-refractivity contribution in [1.82, 2.24) is 0 Å². The van der Waals surface area contributed by atoms with E-state index in [4.69, 9.17) is 4.18 Å². The number of fused-ring (bicyclic) bond motifs is 5. The first-order valence-corrected chi connectivity index (χ1v) is 13.4. The lowest BCUT2D eigenvalue weighted by molar-refractivity contribution is -0.136. The van der Waals surface area contributed by atoms with E-state index in [1.807, 2.05) is 6.92 Å². The molecule has 5 atom stereocenters.